The number of urea groups is 1. The lowest BCUT2D eigenvalue weighted by atomic mass is 9.97. The van der Waals surface area contributed by atoms with E-state index in [1.54, 1.807) is 26.2 Å². The maximum Gasteiger partial charge on any atom is 0.338 e. The molecule has 0 saturated carbocycles. The van der Waals surface area contributed by atoms with Gasteiger partial charge in [0.15, 0.2) is 0 Å². The van der Waals surface area contributed by atoms with Gasteiger partial charge in [0.25, 0.3) is 11.8 Å². The predicted molar refractivity (Wildman–Crippen MR) is 141 cm³/mol. The highest BCUT2D eigenvalue weighted by atomic mass is 79.9. The van der Waals surface area contributed by atoms with Crippen LogP contribution in [0.4, 0.5) is 10.5 Å². The highest BCUT2D eigenvalue weighted by Crippen LogP contribution is 2.28. The molecule has 9 heteroatoms. The number of amides is 4. The van der Waals surface area contributed by atoms with Gasteiger partial charge in [-0.15, -0.1) is 0 Å². The van der Waals surface area contributed by atoms with Gasteiger partial charge in [0, 0.05) is 4.47 Å². The van der Waals surface area contributed by atoms with Gasteiger partial charge >= 0.3 is 12.0 Å². The first-order valence-corrected chi connectivity index (χ1v) is 12.2. The second kappa shape index (κ2) is 11.2. The molecule has 0 aromatic heterocycles. The van der Waals surface area contributed by atoms with Gasteiger partial charge in [-0.1, -0.05) is 40.2 Å². The Labute approximate surface area is 222 Å². The molecule has 0 aliphatic carbocycles. The van der Waals surface area contributed by atoms with Gasteiger partial charge in [0.05, 0.1) is 25.0 Å². The van der Waals surface area contributed by atoms with Crippen LogP contribution in [0.2, 0.25) is 0 Å². The summed E-state index contributed by atoms with van der Waals surface area (Å²) in [6, 6.07) is 18.0. The Hall–Kier alpha value is -4.24. The molecule has 1 heterocycles. The largest absolute Gasteiger partial charge is 0.497 e. The van der Waals surface area contributed by atoms with Gasteiger partial charge in [-0.25, -0.2) is 14.5 Å². The molecule has 3 aromatic rings. The van der Waals surface area contributed by atoms with Crippen LogP contribution in [0.5, 0.6) is 5.75 Å². The van der Waals surface area contributed by atoms with E-state index in [-0.39, 0.29) is 23.4 Å². The molecular formula is C28H23BrN2O6. The van der Waals surface area contributed by atoms with Gasteiger partial charge in [-0.05, 0) is 78.6 Å². The Kier molecular flexibility index (Phi) is 7.83. The second-order valence-corrected chi connectivity index (χ2v) is 8.91. The number of hydrogen-bond acceptors (Lipinski definition) is 6. The molecule has 0 radical (unpaired) electrons. The summed E-state index contributed by atoms with van der Waals surface area (Å²) in [4.78, 5) is 51.5. The Bertz CT molecular complexity index is 1410. The summed E-state index contributed by atoms with van der Waals surface area (Å²) >= 11 is 3.56. The minimum atomic E-state index is -0.876. The lowest BCUT2D eigenvalue weighted by Crippen LogP contribution is -2.54. The monoisotopic (exact) mass is 562 g/mol. The number of carbonyl (C=O) groups is 4. The van der Waals surface area contributed by atoms with E-state index in [1.165, 1.54) is 30.3 Å². The fraction of sp³-hybridized carbons (Fsp3) is 0.143. The van der Waals surface area contributed by atoms with Crippen LogP contribution in [0.25, 0.3) is 6.08 Å². The number of methoxy groups -OCH3 is 1. The molecule has 8 nitrogen and oxygen atoms in total. The molecule has 0 unspecified atom stereocenters. The van der Waals surface area contributed by atoms with E-state index < -0.39 is 23.8 Å². The van der Waals surface area contributed by atoms with E-state index in [4.69, 9.17) is 9.47 Å². The summed E-state index contributed by atoms with van der Waals surface area (Å²) in [6.45, 7) is 1.92. The summed E-state index contributed by atoms with van der Waals surface area (Å²) < 4.78 is 11.3. The molecule has 188 valence electrons. The van der Waals surface area contributed by atoms with Crippen LogP contribution < -0.4 is 15.0 Å². The summed E-state index contributed by atoms with van der Waals surface area (Å²) in [5.74, 6) is -1.46. The van der Waals surface area contributed by atoms with Crippen LogP contribution in [-0.4, -0.2) is 37.5 Å². The number of hydrogen-bond donors (Lipinski definition) is 1. The lowest BCUT2D eigenvalue weighted by molar-refractivity contribution is -0.122. The molecule has 1 N–H and O–H groups in total. The van der Waals surface area contributed by atoms with Crippen molar-refractivity contribution in [3.8, 4) is 5.75 Å². The average molecular weight is 563 g/mol. The van der Waals surface area contributed by atoms with Crippen molar-refractivity contribution in [3.05, 3.63) is 99.0 Å². The molecular weight excluding hydrogens is 540 g/mol. The van der Waals surface area contributed by atoms with E-state index >= 15 is 0 Å². The highest BCUT2D eigenvalue weighted by molar-refractivity contribution is 9.10. The van der Waals surface area contributed by atoms with E-state index in [1.807, 2.05) is 30.3 Å². The Balaban J connectivity index is 1.70. The number of benzene rings is 3. The van der Waals surface area contributed by atoms with Crippen molar-refractivity contribution in [1.82, 2.24) is 5.32 Å². The zero-order valence-corrected chi connectivity index (χ0v) is 21.7. The normalized spacial score (nSPS) is 14.5. The van der Waals surface area contributed by atoms with Crippen molar-refractivity contribution in [2.75, 3.05) is 18.6 Å². The number of carbonyl (C=O) groups excluding carboxylic acids is 4. The first kappa shape index (κ1) is 25.8. The first-order chi connectivity index (χ1) is 17.8. The SMILES string of the molecule is CCOC(=O)c1ccc(N2C(=O)NC(=O)/C(=C\c3ccc(OC)cc3Cc3ccccc3Br)C2=O)cc1. The Morgan fingerprint density at radius 3 is 2.41 bits per heavy atom. The summed E-state index contributed by atoms with van der Waals surface area (Å²) in [5, 5.41) is 2.22. The van der Waals surface area contributed by atoms with Gasteiger partial charge in [0.1, 0.15) is 11.3 Å². The number of nitrogens with zero attached hydrogens (tertiary/aromatic N) is 1. The van der Waals surface area contributed by atoms with Gasteiger partial charge < -0.3 is 9.47 Å². The third kappa shape index (κ3) is 5.62. The van der Waals surface area contributed by atoms with Crippen molar-refractivity contribution in [1.29, 1.82) is 0 Å². The zero-order chi connectivity index (χ0) is 26.5. The number of imide groups is 2. The molecule has 1 saturated heterocycles. The summed E-state index contributed by atoms with van der Waals surface area (Å²) in [7, 11) is 1.56. The van der Waals surface area contributed by atoms with Crippen LogP contribution in [0, 0.1) is 0 Å². The van der Waals surface area contributed by atoms with Gasteiger partial charge in [-0.3, -0.25) is 14.9 Å². The van der Waals surface area contributed by atoms with Crippen LogP contribution in [0.1, 0.15) is 34.0 Å². The van der Waals surface area contributed by atoms with Crippen molar-refractivity contribution in [2.45, 2.75) is 13.3 Å². The molecule has 1 aliphatic heterocycles. The molecule has 3 aromatic carbocycles. The summed E-state index contributed by atoms with van der Waals surface area (Å²) in [5.41, 5.74) is 2.74. The van der Waals surface area contributed by atoms with Crippen molar-refractivity contribution < 1.29 is 28.7 Å². The molecule has 4 amide bonds. The molecule has 4 rings (SSSR count). The second-order valence-electron chi connectivity index (χ2n) is 8.06. The molecule has 0 atom stereocenters. The van der Waals surface area contributed by atoms with Crippen LogP contribution in [0.3, 0.4) is 0 Å². The average Bonchev–Trinajstić information content (AvgIpc) is 2.89. The minimum Gasteiger partial charge on any atom is -0.497 e. The van der Waals surface area contributed by atoms with Gasteiger partial charge in [0.2, 0.25) is 0 Å². The topological polar surface area (TPSA) is 102 Å². The van der Waals surface area contributed by atoms with Crippen LogP contribution in [0.15, 0.2) is 76.8 Å². The van der Waals surface area contributed by atoms with Crippen LogP contribution >= 0.6 is 15.9 Å². The summed E-state index contributed by atoms with van der Waals surface area (Å²) in [6.07, 6.45) is 1.97. The van der Waals surface area contributed by atoms with E-state index in [0.717, 1.165) is 20.5 Å². The minimum absolute atomic E-state index is 0.201. The van der Waals surface area contributed by atoms with Crippen molar-refractivity contribution in [3.63, 3.8) is 0 Å². The first-order valence-electron chi connectivity index (χ1n) is 11.4. The fourth-order valence-corrected chi connectivity index (χ4v) is 4.28. The number of nitrogens with one attached hydrogen (secondary N) is 1. The Morgan fingerprint density at radius 1 is 1.00 bits per heavy atom. The number of rotatable bonds is 7. The van der Waals surface area contributed by atoms with E-state index in [9.17, 15) is 19.2 Å². The van der Waals surface area contributed by atoms with Crippen molar-refractivity contribution in [2.24, 2.45) is 0 Å². The van der Waals surface area contributed by atoms with Gasteiger partial charge in [-0.2, -0.15) is 0 Å². The number of halogens is 1. The van der Waals surface area contributed by atoms with E-state index in [0.29, 0.717) is 17.7 Å². The maximum atomic E-state index is 13.4. The third-order valence-electron chi connectivity index (χ3n) is 5.73. The zero-order valence-electron chi connectivity index (χ0n) is 20.1. The molecule has 37 heavy (non-hydrogen) atoms. The molecule has 1 fully saturated rings. The molecule has 1 aliphatic rings. The predicted octanol–water partition coefficient (Wildman–Crippen LogP) is 4.89. The standard InChI is InChI=1S/C28H23BrN2O6/c1-3-37-27(34)17-8-11-21(12-9-17)31-26(33)23(25(32)30-28(31)35)16-18-10-13-22(36-2)15-20(18)14-19-6-4-5-7-24(19)29/h4-13,15-16H,3,14H2,1-2H3,(H,30,32,35)/b23-16+. The smallest absolute Gasteiger partial charge is 0.338 e. The number of ether oxygens (including phenoxy) is 2. The van der Waals surface area contributed by atoms with Crippen molar-refractivity contribution >= 4 is 51.5 Å². The third-order valence-corrected chi connectivity index (χ3v) is 6.50. The quantitative estimate of drug-likeness (QED) is 0.250. The number of anilines is 1. The van der Waals surface area contributed by atoms with E-state index in [2.05, 4.69) is 21.2 Å². The Morgan fingerprint density at radius 2 is 1.73 bits per heavy atom. The molecule has 0 spiro atoms. The number of barbiturate groups is 1. The number of esters is 1. The molecule has 0 bridgehead atoms. The highest BCUT2D eigenvalue weighted by Gasteiger charge is 2.37. The maximum absolute atomic E-state index is 13.4. The van der Waals surface area contributed by atoms with Crippen LogP contribution in [-0.2, 0) is 20.7 Å². The lowest BCUT2D eigenvalue weighted by Gasteiger charge is -2.26. The fourth-order valence-electron chi connectivity index (χ4n) is 3.86.